The van der Waals surface area contributed by atoms with Gasteiger partial charge in [-0.2, -0.15) is 0 Å². The molecular weight excluding hydrogens is 789 g/mol. The second-order valence-corrected chi connectivity index (χ2v) is 23.9. The van der Waals surface area contributed by atoms with Crippen LogP contribution in [0.4, 0.5) is 5.00 Å². The monoisotopic (exact) mass is 842 g/mol. The molecule has 0 amide bonds. The number of ketones is 4. The number of carbonyl (C=O) groups is 4. The molecule has 3 heterocycles. The van der Waals surface area contributed by atoms with Crippen molar-refractivity contribution < 1.29 is 19.2 Å². The zero-order valence-electron chi connectivity index (χ0n) is 34.1. The number of hydrogen-bond acceptors (Lipinski definition) is 9. The molecule has 0 aliphatic heterocycles. The molecule has 306 valence electrons. The van der Waals surface area contributed by atoms with E-state index >= 15 is 0 Å². The third-order valence-corrected chi connectivity index (χ3v) is 21.9. The number of carbonyl (C=O) groups excluding carboxylic acids is 4. The van der Waals surface area contributed by atoms with Crippen molar-refractivity contribution in [1.82, 2.24) is 0 Å². The van der Waals surface area contributed by atoms with Crippen LogP contribution in [0.1, 0.15) is 163 Å². The molecule has 0 radical (unpaired) electrons. The lowest BCUT2D eigenvalue weighted by atomic mass is 9.64. The van der Waals surface area contributed by atoms with Crippen molar-refractivity contribution >= 4 is 89.0 Å². The lowest BCUT2D eigenvalue weighted by Crippen LogP contribution is -2.35. The van der Waals surface area contributed by atoms with Gasteiger partial charge in [0, 0.05) is 50.5 Å². The summed E-state index contributed by atoms with van der Waals surface area (Å²) >= 11 is 5.60. The molecule has 2 spiro atoms. The van der Waals surface area contributed by atoms with E-state index in [0.29, 0.717) is 23.7 Å². The van der Waals surface area contributed by atoms with Crippen molar-refractivity contribution in [2.24, 2.45) is 57.3 Å². The predicted octanol–water partition coefficient (Wildman–Crippen LogP) is 12.3. The van der Waals surface area contributed by atoms with E-state index in [2.05, 4.69) is 12.1 Å². The van der Waals surface area contributed by atoms with Gasteiger partial charge in [-0.1, -0.05) is 89.9 Å². The van der Waals surface area contributed by atoms with Gasteiger partial charge in [-0.15, -0.1) is 34.0 Å². The molecule has 8 saturated carbocycles. The normalized spacial score (nSPS) is 35.1. The van der Waals surface area contributed by atoms with E-state index in [1.54, 1.807) is 11.3 Å². The van der Waals surface area contributed by atoms with Crippen molar-refractivity contribution in [1.29, 1.82) is 0 Å². The quantitative estimate of drug-likeness (QED) is 0.257. The molecule has 0 N–H and O–H groups in total. The number of rotatable bonds is 2. The second kappa shape index (κ2) is 13.3. The Morgan fingerprint density at radius 2 is 0.966 bits per heavy atom. The maximum Gasteiger partial charge on any atom is 0.188 e. The van der Waals surface area contributed by atoms with Gasteiger partial charge in [0.25, 0.3) is 0 Å². The van der Waals surface area contributed by atoms with Gasteiger partial charge in [-0.25, -0.2) is 9.98 Å². The molecule has 8 unspecified atom stereocenters. The topological polar surface area (TPSA) is 93.0 Å². The Bertz CT molecular complexity index is 2410. The van der Waals surface area contributed by atoms with E-state index in [-0.39, 0.29) is 69.1 Å². The van der Waals surface area contributed by atoms with Crippen LogP contribution in [0.15, 0.2) is 21.7 Å². The fraction of sp³-hybridized carbons (Fsp3) is 0.640. The largest absolute Gasteiger partial charge is 0.292 e. The average molecular weight is 843 g/mol. The van der Waals surface area contributed by atoms with E-state index in [1.807, 2.05) is 22.7 Å². The summed E-state index contributed by atoms with van der Waals surface area (Å²) in [5.74, 6) is 1.83. The van der Waals surface area contributed by atoms with Gasteiger partial charge in [0.15, 0.2) is 28.8 Å². The molecule has 0 aromatic carbocycles. The van der Waals surface area contributed by atoms with Crippen LogP contribution in [-0.4, -0.2) is 34.6 Å². The molecule has 13 rings (SSSR count). The Balaban J connectivity index is 0.883. The number of Topliss-reactive ketones (excluding diaryl/α,β-unsaturated/α-hetero) is 4. The number of fused-ring (bicyclic) bond motifs is 14. The highest BCUT2D eigenvalue weighted by Gasteiger charge is 2.56. The maximum atomic E-state index is 14.1. The Morgan fingerprint density at radius 1 is 0.492 bits per heavy atom. The fourth-order valence-corrected chi connectivity index (χ4v) is 19.9. The molecule has 10 aliphatic rings. The summed E-state index contributed by atoms with van der Waals surface area (Å²) < 4.78 is 2.84. The average Bonchev–Trinajstić information content (AvgIpc) is 4.11. The summed E-state index contributed by atoms with van der Waals surface area (Å²) in [7, 11) is 0. The van der Waals surface area contributed by atoms with Crippen molar-refractivity contribution in [3.05, 3.63) is 33.3 Å². The zero-order valence-corrected chi connectivity index (χ0v) is 36.5. The van der Waals surface area contributed by atoms with Gasteiger partial charge in [0.05, 0.1) is 24.9 Å². The molecule has 8 fully saturated rings. The summed E-state index contributed by atoms with van der Waals surface area (Å²) in [6.45, 7) is 0. The Kier molecular flexibility index (Phi) is 8.29. The Morgan fingerprint density at radius 3 is 1.49 bits per heavy atom. The summed E-state index contributed by atoms with van der Waals surface area (Å²) in [6, 6.07) is 2.28. The van der Waals surface area contributed by atoms with Crippen LogP contribution in [0.2, 0.25) is 0 Å². The maximum absolute atomic E-state index is 14.1. The number of thiophene rings is 3. The number of allylic oxidation sites excluding steroid dienone is 1. The SMILES string of the molecule is O=C1C(=NC2=Cc3sc4c5c(sc4c3C23CCCCC3)-c2sc(N=C3C(=O)C4CC6CCCCC6CC4C3=O)cc2C52CCCCC2)C(=O)C2CC3CCCCC3CC12. The minimum atomic E-state index is -0.258. The van der Waals surface area contributed by atoms with Gasteiger partial charge in [0.2, 0.25) is 0 Å². The first-order chi connectivity index (χ1) is 28.8. The highest BCUT2D eigenvalue weighted by atomic mass is 32.1. The third-order valence-electron chi connectivity index (χ3n) is 18.2. The molecule has 10 aliphatic carbocycles. The molecule has 6 nitrogen and oxygen atoms in total. The van der Waals surface area contributed by atoms with Crippen molar-refractivity contribution in [2.45, 2.75) is 152 Å². The lowest BCUT2D eigenvalue weighted by molar-refractivity contribution is -0.123. The van der Waals surface area contributed by atoms with Crippen LogP contribution in [-0.2, 0) is 30.0 Å². The first-order valence-electron chi connectivity index (χ1n) is 23.6. The Labute approximate surface area is 358 Å². The summed E-state index contributed by atoms with van der Waals surface area (Å²) in [5, 5.41) is 0.828. The van der Waals surface area contributed by atoms with Gasteiger partial charge >= 0.3 is 0 Å². The van der Waals surface area contributed by atoms with E-state index in [1.165, 1.54) is 118 Å². The standard InChI is InChI=1S/C50H54N2O4S3/c53-41-29-19-25-11-3-4-12-26(25)20-30(29)42(54)39(41)51-35-24-34-37(50(35)17-9-2-10-18-50)46-48(57-34)38-47(59-46)45-33(49(38)15-7-1-8-16-49)23-36(58-45)52-40-43(55)31-21-27-13-5-6-14-28(27)22-32(31)44(40)56/h23-32H,1-22H2. The molecule has 3 aromatic heterocycles. The van der Waals surface area contributed by atoms with Gasteiger partial charge in [0.1, 0.15) is 10.7 Å². The van der Waals surface area contributed by atoms with Crippen molar-refractivity contribution in [3.8, 4) is 9.75 Å². The smallest absolute Gasteiger partial charge is 0.188 e. The highest BCUT2D eigenvalue weighted by Crippen LogP contribution is 2.68. The molecule has 3 aromatic rings. The lowest BCUT2D eigenvalue weighted by Gasteiger charge is -2.39. The van der Waals surface area contributed by atoms with Crippen LogP contribution in [0.3, 0.4) is 0 Å². The van der Waals surface area contributed by atoms with E-state index in [4.69, 9.17) is 9.98 Å². The molecule has 0 bridgehead atoms. The predicted molar refractivity (Wildman–Crippen MR) is 238 cm³/mol. The van der Waals surface area contributed by atoms with E-state index in [9.17, 15) is 19.2 Å². The number of hydrogen-bond donors (Lipinski definition) is 0. The second-order valence-electron chi connectivity index (χ2n) is 20.8. The van der Waals surface area contributed by atoms with Gasteiger partial charge in [-0.05, 0) is 92.7 Å². The Hall–Kier alpha value is -2.88. The molecule has 9 heteroatoms. The van der Waals surface area contributed by atoms with Crippen LogP contribution in [0.5, 0.6) is 0 Å². The van der Waals surface area contributed by atoms with Gasteiger partial charge in [-0.3, -0.25) is 19.2 Å². The highest BCUT2D eigenvalue weighted by molar-refractivity contribution is 7.33. The molecule has 59 heavy (non-hydrogen) atoms. The fourth-order valence-electron chi connectivity index (χ4n) is 15.4. The van der Waals surface area contributed by atoms with E-state index in [0.717, 1.165) is 74.9 Å². The number of aliphatic imine (C=N–C) groups is 2. The summed E-state index contributed by atoms with van der Waals surface area (Å²) in [6.07, 6.45) is 27.1. The first-order valence-corrected chi connectivity index (χ1v) is 26.1. The number of nitrogens with zero attached hydrogens (tertiary/aromatic N) is 2. The summed E-state index contributed by atoms with van der Waals surface area (Å²) in [5.41, 5.74) is 5.49. The van der Waals surface area contributed by atoms with Crippen molar-refractivity contribution in [3.63, 3.8) is 0 Å². The van der Waals surface area contributed by atoms with Crippen LogP contribution >= 0.6 is 34.0 Å². The minimum absolute atomic E-state index is 0.0142. The van der Waals surface area contributed by atoms with Crippen LogP contribution in [0.25, 0.3) is 25.2 Å². The third kappa shape index (κ3) is 5.07. The first kappa shape index (κ1) is 36.7. The molecule has 8 atom stereocenters. The summed E-state index contributed by atoms with van der Waals surface area (Å²) in [4.78, 5) is 70.4. The van der Waals surface area contributed by atoms with Crippen molar-refractivity contribution in [2.75, 3.05) is 0 Å². The van der Waals surface area contributed by atoms with Crippen LogP contribution < -0.4 is 0 Å². The minimum Gasteiger partial charge on any atom is -0.292 e. The van der Waals surface area contributed by atoms with Gasteiger partial charge < -0.3 is 0 Å². The molecule has 0 saturated heterocycles. The molecular formula is C50H54N2O4S3. The van der Waals surface area contributed by atoms with E-state index < -0.39 is 0 Å². The van der Waals surface area contributed by atoms with Crippen LogP contribution in [0, 0.1) is 47.3 Å². The zero-order chi connectivity index (χ0) is 39.4.